The fraction of sp³-hybridized carbons (Fsp3) is 0.174. The number of rotatable bonds is 7. The zero-order valence-electron chi connectivity index (χ0n) is 15.7. The fourth-order valence-electron chi connectivity index (χ4n) is 2.81. The smallest absolute Gasteiger partial charge is 0.322 e. The Balaban J connectivity index is 0.00000280. The van der Waals surface area contributed by atoms with Gasteiger partial charge < -0.3 is 15.2 Å². The minimum Gasteiger partial charge on any atom is -0.489 e. The average Bonchev–Trinajstić information content (AvgIpc) is 2.73. The molecule has 0 bridgehead atoms. The molecule has 0 unspecified atom stereocenters. The molecule has 0 spiro atoms. The van der Waals surface area contributed by atoms with Gasteiger partial charge in [-0.2, -0.15) is 0 Å². The average molecular weight is 398 g/mol. The van der Waals surface area contributed by atoms with E-state index < -0.39 is 12.0 Å². The summed E-state index contributed by atoms with van der Waals surface area (Å²) in [5.74, 6) is 0.438. The standard InChI is InChI=1S/C23H23NO3.ClH/c1-26-23(25)22(24)15-17-7-9-19(10-8-17)20-11-13-21(14-12-20)27-16-18-5-3-2-4-6-18;/h2-14,22H,15-16,24H2,1H3;1H/t22-;/m0./s1. The maximum atomic E-state index is 11.4. The molecule has 2 N–H and O–H groups in total. The number of methoxy groups -OCH3 is 1. The zero-order valence-corrected chi connectivity index (χ0v) is 16.5. The van der Waals surface area contributed by atoms with Crippen molar-refractivity contribution in [1.29, 1.82) is 0 Å². The van der Waals surface area contributed by atoms with Crippen LogP contribution >= 0.6 is 12.4 Å². The summed E-state index contributed by atoms with van der Waals surface area (Å²) in [4.78, 5) is 11.4. The highest BCUT2D eigenvalue weighted by atomic mass is 35.5. The lowest BCUT2D eigenvalue weighted by Crippen LogP contribution is -2.33. The molecule has 146 valence electrons. The zero-order chi connectivity index (χ0) is 19.1. The minimum atomic E-state index is -0.637. The van der Waals surface area contributed by atoms with Gasteiger partial charge in [0.2, 0.25) is 0 Å². The Morgan fingerprint density at radius 2 is 1.43 bits per heavy atom. The quantitative estimate of drug-likeness (QED) is 0.600. The number of hydrogen-bond donors (Lipinski definition) is 1. The lowest BCUT2D eigenvalue weighted by Gasteiger charge is -2.10. The number of hydrogen-bond acceptors (Lipinski definition) is 4. The van der Waals surface area contributed by atoms with Crippen molar-refractivity contribution in [1.82, 2.24) is 0 Å². The van der Waals surface area contributed by atoms with E-state index in [1.807, 2.05) is 78.9 Å². The van der Waals surface area contributed by atoms with Gasteiger partial charge in [0.1, 0.15) is 18.4 Å². The molecule has 3 aromatic carbocycles. The van der Waals surface area contributed by atoms with Crippen molar-refractivity contribution < 1.29 is 14.3 Å². The van der Waals surface area contributed by atoms with Crippen molar-refractivity contribution in [3.63, 3.8) is 0 Å². The highest BCUT2D eigenvalue weighted by Crippen LogP contribution is 2.23. The first-order valence-corrected chi connectivity index (χ1v) is 8.85. The van der Waals surface area contributed by atoms with Gasteiger partial charge in [-0.15, -0.1) is 12.4 Å². The van der Waals surface area contributed by atoms with Crippen LogP contribution in [0, 0.1) is 0 Å². The van der Waals surface area contributed by atoms with Crippen LogP contribution in [-0.4, -0.2) is 19.1 Å². The molecule has 4 nitrogen and oxygen atoms in total. The first-order chi connectivity index (χ1) is 13.2. The number of nitrogens with two attached hydrogens (primary N) is 1. The minimum absolute atomic E-state index is 0. The lowest BCUT2D eigenvalue weighted by atomic mass is 10.0. The van der Waals surface area contributed by atoms with Crippen LogP contribution in [0.25, 0.3) is 11.1 Å². The first kappa shape index (κ1) is 21.5. The SMILES string of the molecule is COC(=O)[C@@H](N)Cc1ccc(-c2ccc(OCc3ccccc3)cc2)cc1.Cl. The van der Waals surface area contributed by atoms with Gasteiger partial charge in [0, 0.05) is 0 Å². The molecule has 0 saturated carbocycles. The summed E-state index contributed by atoms with van der Waals surface area (Å²) in [6.07, 6.45) is 0.458. The highest BCUT2D eigenvalue weighted by molar-refractivity contribution is 5.85. The molecule has 0 aromatic heterocycles. The molecule has 0 aliphatic carbocycles. The third-order valence-electron chi connectivity index (χ3n) is 4.35. The van der Waals surface area contributed by atoms with Crippen LogP contribution in [0.2, 0.25) is 0 Å². The molecule has 3 rings (SSSR count). The van der Waals surface area contributed by atoms with E-state index in [0.717, 1.165) is 28.0 Å². The third-order valence-corrected chi connectivity index (χ3v) is 4.35. The molecule has 0 saturated heterocycles. The summed E-state index contributed by atoms with van der Waals surface area (Å²) in [6, 6.07) is 25.5. The molecule has 1 atom stereocenters. The fourth-order valence-corrected chi connectivity index (χ4v) is 2.81. The van der Waals surface area contributed by atoms with Crippen LogP contribution in [-0.2, 0) is 22.6 Å². The maximum Gasteiger partial charge on any atom is 0.322 e. The van der Waals surface area contributed by atoms with Crippen molar-refractivity contribution in [2.75, 3.05) is 7.11 Å². The third kappa shape index (κ3) is 5.84. The van der Waals surface area contributed by atoms with Crippen molar-refractivity contribution in [2.24, 2.45) is 5.73 Å². The molecule has 28 heavy (non-hydrogen) atoms. The van der Waals surface area contributed by atoms with Gasteiger partial charge in [-0.25, -0.2) is 0 Å². The van der Waals surface area contributed by atoms with E-state index in [0.29, 0.717) is 13.0 Å². The van der Waals surface area contributed by atoms with Crippen molar-refractivity contribution in [3.8, 4) is 16.9 Å². The van der Waals surface area contributed by atoms with E-state index in [4.69, 9.17) is 10.5 Å². The van der Waals surface area contributed by atoms with Crippen molar-refractivity contribution >= 4 is 18.4 Å². The number of halogens is 1. The van der Waals surface area contributed by atoms with E-state index in [2.05, 4.69) is 4.74 Å². The molecule has 3 aromatic rings. The molecule has 0 amide bonds. The van der Waals surface area contributed by atoms with Gasteiger partial charge in [0.05, 0.1) is 7.11 Å². The molecule has 0 heterocycles. The predicted octanol–water partition coefficient (Wildman–Crippen LogP) is 4.40. The largest absolute Gasteiger partial charge is 0.489 e. The number of ether oxygens (including phenoxy) is 2. The summed E-state index contributed by atoms with van der Waals surface area (Å²) >= 11 is 0. The Bertz CT molecular complexity index is 865. The van der Waals surface area contributed by atoms with Crippen LogP contribution < -0.4 is 10.5 Å². The molecule has 5 heteroatoms. The Morgan fingerprint density at radius 3 is 2.00 bits per heavy atom. The van der Waals surface area contributed by atoms with Crippen LogP contribution in [0.3, 0.4) is 0 Å². The summed E-state index contributed by atoms with van der Waals surface area (Å²) in [6.45, 7) is 0.551. The van der Waals surface area contributed by atoms with Gasteiger partial charge in [-0.1, -0.05) is 66.7 Å². The second kappa shape index (κ2) is 10.5. The molecule has 0 radical (unpaired) electrons. The molecular formula is C23H24ClNO3. The summed E-state index contributed by atoms with van der Waals surface area (Å²) < 4.78 is 10.5. The van der Waals surface area contributed by atoms with E-state index in [9.17, 15) is 4.79 Å². The number of carbonyl (C=O) groups excluding carboxylic acids is 1. The number of esters is 1. The molecule has 0 aliphatic rings. The van der Waals surface area contributed by atoms with Gasteiger partial charge in [0.25, 0.3) is 0 Å². The summed E-state index contributed by atoms with van der Waals surface area (Å²) in [5, 5.41) is 0. The Kier molecular flexibility index (Phi) is 8.05. The van der Waals surface area contributed by atoms with Crippen molar-refractivity contribution in [3.05, 3.63) is 90.0 Å². The Morgan fingerprint density at radius 1 is 0.857 bits per heavy atom. The van der Waals surface area contributed by atoms with E-state index in [1.54, 1.807) is 0 Å². The Hall–Kier alpha value is -2.82. The highest BCUT2D eigenvalue weighted by Gasteiger charge is 2.14. The van der Waals surface area contributed by atoms with Gasteiger partial charge >= 0.3 is 5.97 Å². The molecular weight excluding hydrogens is 374 g/mol. The number of carbonyl (C=O) groups is 1. The summed E-state index contributed by atoms with van der Waals surface area (Å²) in [7, 11) is 1.35. The van der Waals surface area contributed by atoms with Gasteiger partial charge in [-0.3, -0.25) is 4.79 Å². The summed E-state index contributed by atoms with van der Waals surface area (Å²) in [5.41, 5.74) is 10.1. The first-order valence-electron chi connectivity index (χ1n) is 8.85. The van der Waals surface area contributed by atoms with Crippen LogP contribution in [0.5, 0.6) is 5.75 Å². The van der Waals surface area contributed by atoms with Gasteiger partial charge in [0.15, 0.2) is 0 Å². The number of benzene rings is 3. The van der Waals surface area contributed by atoms with Gasteiger partial charge in [-0.05, 0) is 40.8 Å². The van der Waals surface area contributed by atoms with E-state index in [1.165, 1.54) is 7.11 Å². The predicted molar refractivity (Wildman–Crippen MR) is 114 cm³/mol. The van der Waals surface area contributed by atoms with Crippen LogP contribution in [0.4, 0.5) is 0 Å². The monoisotopic (exact) mass is 397 g/mol. The lowest BCUT2D eigenvalue weighted by molar-refractivity contribution is -0.142. The van der Waals surface area contributed by atoms with Crippen LogP contribution in [0.15, 0.2) is 78.9 Å². The molecule has 0 fully saturated rings. The topological polar surface area (TPSA) is 61.5 Å². The van der Waals surface area contributed by atoms with E-state index in [-0.39, 0.29) is 12.4 Å². The maximum absolute atomic E-state index is 11.4. The second-order valence-electron chi connectivity index (χ2n) is 6.33. The van der Waals surface area contributed by atoms with Crippen LogP contribution in [0.1, 0.15) is 11.1 Å². The normalized spacial score (nSPS) is 11.2. The Labute approximate surface area is 171 Å². The van der Waals surface area contributed by atoms with E-state index >= 15 is 0 Å². The van der Waals surface area contributed by atoms with Crippen molar-refractivity contribution in [2.45, 2.75) is 19.1 Å². The molecule has 0 aliphatic heterocycles. The second-order valence-corrected chi connectivity index (χ2v) is 6.33.